The van der Waals surface area contributed by atoms with Crippen molar-refractivity contribution in [3.63, 3.8) is 0 Å². The Labute approximate surface area is 109 Å². The summed E-state index contributed by atoms with van der Waals surface area (Å²) in [6.45, 7) is 5.26. The molecule has 18 heavy (non-hydrogen) atoms. The van der Waals surface area contributed by atoms with Crippen molar-refractivity contribution in [2.75, 3.05) is 26.2 Å². The van der Waals surface area contributed by atoms with Gasteiger partial charge in [-0.15, -0.1) is 0 Å². The maximum absolute atomic E-state index is 12.3. The molecule has 4 nitrogen and oxygen atoms in total. The average Bonchev–Trinajstić information content (AvgIpc) is 2.39. The molecule has 2 atom stereocenters. The summed E-state index contributed by atoms with van der Waals surface area (Å²) in [7, 11) is 0. The Kier molecular flexibility index (Phi) is 4.75. The van der Waals surface area contributed by atoms with Crippen LogP contribution in [0.3, 0.4) is 0 Å². The van der Waals surface area contributed by atoms with Crippen LogP contribution in [0, 0.1) is 5.92 Å². The molecule has 2 unspecified atom stereocenters. The van der Waals surface area contributed by atoms with E-state index >= 15 is 0 Å². The largest absolute Gasteiger partial charge is 0.339 e. The number of hydrogen-bond donors (Lipinski definition) is 0. The lowest BCUT2D eigenvalue weighted by Crippen LogP contribution is -2.48. The number of hydrogen-bond acceptors (Lipinski definition) is 3. The third kappa shape index (κ3) is 3.31. The molecule has 2 heterocycles. The van der Waals surface area contributed by atoms with E-state index in [1.54, 1.807) is 0 Å². The SMILES string of the molecule is CC1CCCCN1C(=O)CN1CCCC(C=O)C1. The van der Waals surface area contributed by atoms with Gasteiger partial charge in [0.05, 0.1) is 6.54 Å². The average molecular weight is 252 g/mol. The first-order chi connectivity index (χ1) is 8.70. The quantitative estimate of drug-likeness (QED) is 0.711. The monoisotopic (exact) mass is 252 g/mol. The maximum Gasteiger partial charge on any atom is 0.236 e. The molecule has 2 fully saturated rings. The minimum atomic E-state index is 0.130. The number of aldehydes is 1. The van der Waals surface area contributed by atoms with Gasteiger partial charge in [0.1, 0.15) is 6.29 Å². The van der Waals surface area contributed by atoms with Gasteiger partial charge in [0, 0.05) is 25.0 Å². The molecule has 2 saturated heterocycles. The fourth-order valence-electron chi connectivity index (χ4n) is 3.10. The van der Waals surface area contributed by atoms with Gasteiger partial charge < -0.3 is 9.69 Å². The number of carbonyl (C=O) groups excluding carboxylic acids is 2. The first-order valence-electron chi connectivity index (χ1n) is 7.18. The van der Waals surface area contributed by atoms with E-state index in [4.69, 9.17) is 0 Å². The number of nitrogens with zero attached hydrogens (tertiary/aromatic N) is 2. The summed E-state index contributed by atoms with van der Waals surface area (Å²) >= 11 is 0. The number of piperidine rings is 2. The Morgan fingerprint density at radius 1 is 1.22 bits per heavy atom. The molecule has 2 aliphatic heterocycles. The van der Waals surface area contributed by atoms with Gasteiger partial charge in [-0.25, -0.2) is 0 Å². The third-order valence-corrected chi connectivity index (χ3v) is 4.22. The Morgan fingerprint density at radius 2 is 2.06 bits per heavy atom. The van der Waals surface area contributed by atoms with Gasteiger partial charge in [0.2, 0.25) is 5.91 Å². The molecule has 0 aromatic heterocycles. The van der Waals surface area contributed by atoms with E-state index in [1.807, 2.05) is 4.90 Å². The molecule has 0 aliphatic carbocycles. The van der Waals surface area contributed by atoms with E-state index in [0.717, 1.165) is 51.6 Å². The highest BCUT2D eigenvalue weighted by atomic mass is 16.2. The number of amides is 1. The van der Waals surface area contributed by atoms with Crippen molar-refractivity contribution in [3.05, 3.63) is 0 Å². The second kappa shape index (κ2) is 6.32. The van der Waals surface area contributed by atoms with Crippen LogP contribution in [0.2, 0.25) is 0 Å². The first-order valence-corrected chi connectivity index (χ1v) is 7.18. The Balaban J connectivity index is 1.84. The van der Waals surface area contributed by atoms with Crippen LogP contribution < -0.4 is 0 Å². The van der Waals surface area contributed by atoms with Crippen molar-refractivity contribution in [1.29, 1.82) is 0 Å². The molecule has 0 bridgehead atoms. The first kappa shape index (κ1) is 13.5. The van der Waals surface area contributed by atoms with E-state index in [1.165, 1.54) is 6.42 Å². The van der Waals surface area contributed by atoms with E-state index in [2.05, 4.69) is 11.8 Å². The van der Waals surface area contributed by atoms with Gasteiger partial charge in [-0.1, -0.05) is 0 Å². The Hall–Kier alpha value is -0.900. The fraction of sp³-hybridized carbons (Fsp3) is 0.857. The lowest BCUT2D eigenvalue weighted by atomic mass is 9.99. The minimum absolute atomic E-state index is 0.130. The zero-order valence-corrected chi connectivity index (χ0v) is 11.3. The Bertz CT molecular complexity index is 306. The van der Waals surface area contributed by atoms with Crippen molar-refractivity contribution >= 4 is 12.2 Å². The van der Waals surface area contributed by atoms with Gasteiger partial charge in [0.15, 0.2) is 0 Å². The molecule has 4 heteroatoms. The maximum atomic E-state index is 12.3. The number of carbonyl (C=O) groups is 2. The minimum Gasteiger partial charge on any atom is -0.339 e. The topological polar surface area (TPSA) is 40.6 Å². The second-order valence-electron chi connectivity index (χ2n) is 5.71. The predicted molar refractivity (Wildman–Crippen MR) is 70.3 cm³/mol. The van der Waals surface area contributed by atoms with Crippen LogP contribution in [0.15, 0.2) is 0 Å². The van der Waals surface area contributed by atoms with Gasteiger partial charge in [-0.3, -0.25) is 9.69 Å². The van der Waals surface area contributed by atoms with Crippen LogP contribution in [0.5, 0.6) is 0 Å². The van der Waals surface area contributed by atoms with Crippen LogP contribution in [0.4, 0.5) is 0 Å². The van der Waals surface area contributed by atoms with Crippen molar-refractivity contribution in [3.8, 4) is 0 Å². The van der Waals surface area contributed by atoms with E-state index < -0.39 is 0 Å². The van der Waals surface area contributed by atoms with Crippen molar-refractivity contribution in [1.82, 2.24) is 9.80 Å². The van der Waals surface area contributed by atoms with E-state index in [-0.39, 0.29) is 11.8 Å². The summed E-state index contributed by atoms with van der Waals surface area (Å²) in [5.74, 6) is 0.374. The number of rotatable bonds is 3. The highest BCUT2D eigenvalue weighted by Crippen LogP contribution is 2.18. The van der Waals surface area contributed by atoms with Crippen molar-refractivity contribution < 1.29 is 9.59 Å². The molecule has 102 valence electrons. The molecule has 2 rings (SSSR count). The predicted octanol–water partition coefficient (Wildman–Crippen LogP) is 1.30. The van der Waals surface area contributed by atoms with Gasteiger partial charge >= 0.3 is 0 Å². The molecule has 0 N–H and O–H groups in total. The van der Waals surface area contributed by atoms with Crippen molar-refractivity contribution in [2.24, 2.45) is 5.92 Å². The summed E-state index contributed by atoms with van der Waals surface area (Å²) in [4.78, 5) is 27.3. The fourth-order valence-corrected chi connectivity index (χ4v) is 3.10. The standard InChI is InChI=1S/C14H24N2O2/c1-12-5-2-3-8-16(12)14(18)10-15-7-4-6-13(9-15)11-17/h11-13H,2-10H2,1H3. The zero-order chi connectivity index (χ0) is 13.0. The highest BCUT2D eigenvalue weighted by Gasteiger charge is 2.26. The van der Waals surface area contributed by atoms with Crippen LogP contribution in [-0.2, 0) is 9.59 Å². The summed E-state index contributed by atoms with van der Waals surface area (Å²) < 4.78 is 0. The van der Waals surface area contributed by atoms with E-state index in [0.29, 0.717) is 12.6 Å². The van der Waals surface area contributed by atoms with Gasteiger partial charge in [-0.05, 0) is 45.6 Å². The number of likely N-dealkylation sites (tertiary alicyclic amines) is 2. The lowest BCUT2D eigenvalue weighted by molar-refractivity contribution is -0.136. The summed E-state index contributed by atoms with van der Waals surface area (Å²) in [5, 5.41) is 0. The van der Waals surface area contributed by atoms with Crippen molar-refractivity contribution in [2.45, 2.75) is 45.1 Å². The van der Waals surface area contributed by atoms with Gasteiger partial charge in [-0.2, -0.15) is 0 Å². The molecule has 1 amide bonds. The zero-order valence-electron chi connectivity index (χ0n) is 11.3. The Morgan fingerprint density at radius 3 is 2.78 bits per heavy atom. The van der Waals surface area contributed by atoms with Crippen LogP contribution in [-0.4, -0.2) is 54.2 Å². The lowest BCUT2D eigenvalue weighted by Gasteiger charge is -2.36. The van der Waals surface area contributed by atoms with Crippen LogP contribution in [0.25, 0.3) is 0 Å². The smallest absolute Gasteiger partial charge is 0.236 e. The molecule has 0 saturated carbocycles. The molecule has 0 aromatic carbocycles. The van der Waals surface area contributed by atoms with Crippen LogP contribution >= 0.6 is 0 Å². The summed E-state index contributed by atoms with van der Waals surface area (Å²) in [6.07, 6.45) is 6.55. The normalized spacial score (nSPS) is 30.2. The highest BCUT2D eigenvalue weighted by molar-refractivity contribution is 5.78. The molecule has 0 aromatic rings. The molecule has 2 aliphatic rings. The summed E-state index contributed by atoms with van der Waals surface area (Å²) in [5.41, 5.74) is 0. The van der Waals surface area contributed by atoms with Gasteiger partial charge in [0.25, 0.3) is 0 Å². The van der Waals surface area contributed by atoms with E-state index in [9.17, 15) is 9.59 Å². The third-order valence-electron chi connectivity index (χ3n) is 4.22. The molecule has 0 radical (unpaired) electrons. The molecule has 0 spiro atoms. The van der Waals surface area contributed by atoms with Crippen LogP contribution in [0.1, 0.15) is 39.0 Å². The summed E-state index contributed by atoms with van der Waals surface area (Å²) in [6, 6.07) is 0.387. The molecular formula is C14H24N2O2. The second-order valence-corrected chi connectivity index (χ2v) is 5.71. The molecular weight excluding hydrogens is 228 g/mol.